The van der Waals surface area contributed by atoms with Crippen molar-refractivity contribution in [2.45, 2.75) is 0 Å². The van der Waals surface area contributed by atoms with Crippen LogP contribution >= 0.6 is 11.8 Å². The van der Waals surface area contributed by atoms with Crippen LogP contribution in [0.25, 0.3) is 11.4 Å². The molecule has 2 aromatic rings. The second-order valence-corrected chi connectivity index (χ2v) is 7.53. The van der Waals surface area contributed by atoms with Gasteiger partial charge in [0.05, 0.1) is 25.1 Å². The molecular formula is C23H25N5O3S. The molecule has 8 nitrogen and oxygen atoms in total. The fraction of sp³-hybridized carbons (Fsp3) is 0.304. The van der Waals surface area contributed by atoms with Gasteiger partial charge < -0.3 is 20.3 Å². The Labute approximate surface area is 192 Å². The predicted molar refractivity (Wildman–Crippen MR) is 127 cm³/mol. The van der Waals surface area contributed by atoms with Crippen molar-refractivity contribution < 1.29 is 14.3 Å². The molecule has 9 heteroatoms. The van der Waals surface area contributed by atoms with Crippen LogP contribution in [0.5, 0.6) is 0 Å². The number of hydrogen-bond donors (Lipinski definition) is 1. The number of amides is 2. The molecule has 32 heavy (non-hydrogen) atoms. The van der Waals surface area contributed by atoms with E-state index >= 15 is 0 Å². The predicted octanol–water partition coefficient (Wildman–Crippen LogP) is 1.46. The van der Waals surface area contributed by atoms with Gasteiger partial charge in [0.1, 0.15) is 0 Å². The minimum atomic E-state index is -0.590. The summed E-state index contributed by atoms with van der Waals surface area (Å²) in [6, 6.07) is 7.50. The van der Waals surface area contributed by atoms with Crippen LogP contribution in [0.4, 0.5) is 5.69 Å². The van der Waals surface area contributed by atoms with Gasteiger partial charge in [0, 0.05) is 43.6 Å². The van der Waals surface area contributed by atoms with Crippen LogP contribution in [0, 0.1) is 24.0 Å². The van der Waals surface area contributed by atoms with Gasteiger partial charge in [0.25, 0.3) is 5.91 Å². The van der Waals surface area contributed by atoms with Crippen LogP contribution in [-0.2, 0) is 9.53 Å². The fourth-order valence-corrected chi connectivity index (χ4v) is 3.53. The number of primary amides is 1. The standard InChI is InChI=1S/C21H23N5O3S.C2H2/c1-25(15-27)8-12-30-11-5-16-3-2-4-17(13-16)21-23-14-18(19(24-21)20(22)28)26-6-9-29-10-7-26;1-2/h2-4,13-15H,6-10,12H2,1H3,(H2,22,28);1-2H. The van der Waals surface area contributed by atoms with Gasteiger partial charge in [-0.15, -0.1) is 12.8 Å². The van der Waals surface area contributed by atoms with Gasteiger partial charge in [-0.05, 0) is 17.4 Å². The molecule has 1 aliphatic rings. The van der Waals surface area contributed by atoms with E-state index in [1.54, 1.807) is 18.1 Å². The molecule has 1 saturated heterocycles. The van der Waals surface area contributed by atoms with Gasteiger partial charge in [0.15, 0.2) is 11.5 Å². The number of anilines is 1. The lowest BCUT2D eigenvalue weighted by Crippen LogP contribution is -2.38. The number of nitrogens with zero attached hydrogens (tertiary/aromatic N) is 4. The normalized spacial score (nSPS) is 12.5. The molecule has 0 radical (unpaired) electrons. The zero-order valence-electron chi connectivity index (χ0n) is 17.9. The van der Waals surface area contributed by atoms with Crippen molar-refractivity contribution >= 4 is 29.8 Å². The molecule has 1 fully saturated rings. The van der Waals surface area contributed by atoms with E-state index in [-0.39, 0.29) is 5.69 Å². The van der Waals surface area contributed by atoms with Crippen molar-refractivity contribution in [2.75, 3.05) is 50.5 Å². The molecule has 0 saturated carbocycles. The van der Waals surface area contributed by atoms with Crippen LogP contribution in [0.2, 0.25) is 0 Å². The lowest BCUT2D eigenvalue weighted by Gasteiger charge is -2.29. The summed E-state index contributed by atoms with van der Waals surface area (Å²) in [6.07, 6.45) is 10.4. The van der Waals surface area contributed by atoms with Crippen LogP contribution in [0.15, 0.2) is 30.5 Å². The second kappa shape index (κ2) is 13.0. The number of ether oxygens (including phenoxy) is 1. The maximum Gasteiger partial charge on any atom is 0.269 e. The molecule has 2 heterocycles. The Kier molecular flexibility index (Phi) is 10.1. The van der Waals surface area contributed by atoms with Crippen LogP contribution in [-0.4, -0.2) is 72.8 Å². The number of terminal acetylenes is 1. The molecule has 1 aliphatic heterocycles. The maximum absolute atomic E-state index is 12.0. The number of morpholine rings is 1. The number of carbonyl (C=O) groups is 2. The number of nitrogens with two attached hydrogens (primary N) is 1. The topological polar surface area (TPSA) is 102 Å². The summed E-state index contributed by atoms with van der Waals surface area (Å²) in [5.74, 6) is 3.65. The Hall–Kier alpha value is -3.53. The highest BCUT2D eigenvalue weighted by molar-refractivity contribution is 8.03. The van der Waals surface area contributed by atoms with Crippen LogP contribution in [0.3, 0.4) is 0 Å². The largest absolute Gasteiger partial charge is 0.378 e. The molecule has 0 spiro atoms. The lowest BCUT2D eigenvalue weighted by molar-refractivity contribution is -0.116. The quantitative estimate of drug-likeness (QED) is 0.386. The van der Waals surface area contributed by atoms with Gasteiger partial charge in [-0.2, -0.15) is 0 Å². The van der Waals surface area contributed by atoms with Crippen molar-refractivity contribution in [3.8, 4) is 35.4 Å². The average molecular weight is 452 g/mol. The van der Waals surface area contributed by atoms with Crippen molar-refractivity contribution in [2.24, 2.45) is 5.73 Å². The van der Waals surface area contributed by atoms with Crippen molar-refractivity contribution in [3.63, 3.8) is 0 Å². The molecule has 1 aromatic carbocycles. The van der Waals surface area contributed by atoms with Crippen molar-refractivity contribution in [1.82, 2.24) is 14.9 Å². The van der Waals surface area contributed by atoms with Gasteiger partial charge in [-0.25, -0.2) is 9.97 Å². The lowest BCUT2D eigenvalue weighted by atomic mass is 10.1. The Morgan fingerprint density at radius 2 is 2.12 bits per heavy atom. The molecule has 166 valence electrons. The molecule has 0 aliphatic carbocycles. The van der Waals surface area contributed by atoms with Gasteiger partial charge in [-0.3, -0.25) is 9.59 Å². The van der Waals surface area contributed by atoms with E-state index in [2.05, 4.69) is 34.0 Å². The van der Waals surface area contributed by atoms with E-state index in [1.165, 1.54) is 11.8 Å². The summed E-state index contributed by atoms with van der Waals surface area (Å²) in [6.45, 7) is 3.14. The molecule has 0 bridgehead atoms. The van der Waals surface area contributed by atoms with Gasteiger partial charge in [-0.1, -0.05) is 29.8 Å². The van der Waals surface area contributed by atoms with E-state index < -0.39 is 5.91 Å². The van der Waals surface area contributed by atoms with E-state index in [4.69, 9.17) is 10.5 Å². The summed E-state index contributed by atoms with van der Waals surface area (Å²) < 4.78 is 5.36. The first-order valence-corrected chi connectivity index (χ1v) is 10.8. The third-order valence-corrected chi connectivity index (χ3v) is 5.10. The summed E-state index contributed by atoms with van der Waals surface area (Å²) >= 11 is 1.45. The van der Waals surface area contributed by atoms with Crippen molar-refractivity contribution in [1.29, 1.82) is 0 Å². The number of benzene rings is 1. The van der Waals surface area contributed by atoms with Crippen LogP contribution < -0.4 is 10.6 Å². The number of carbonyl (C=O) groups excluding carboxylic acids is 2. The molecule has 3 rings (SSSR count). The van der Waals surface area contributed by atoms with E-state index in [0.29, 0.717) is 44.4 Å². The second-order valence-electron chi connectivity index (χ2n) is 6.63. The Morgan fingerprint density at radius 1 is 1.38 bits per heavy atom. The number of rotatable bonds is 7. The fourth-order valence-electron chi connectivity index (χ4n) is 2.86. The zero-order chi connectivity index (χ0) is 23.3. The minimum absolute atomic E-state index is 0.202. The third kappa shape index (κ3) is 7.02. The van der Waals surface area contributed by atoms with Gasteiger partial charge in [0.2, 0.25) is 6.41 Å². The summed E-state index contributed by atoms with van der Waals surface area (Å²) in [5, 5.41) is 3.03. The molecule has 2 N–H and O–H groups in total. The van der Waals surface area contributed by atoms with E-state index in [0.717, 1.165) is 23.3 Å². The zero-order valence-corrected chi connectivity index (χ0v) is 18.7. The Balaban J connectivity index is 0.00000176. The Bertz CT molecular complexity index is 1010. The molecular weight excluding hydrogens is 426 g/mol. The number of aromatic nitrogens is 2. The summed E-state index contributed by atoms with van der Waals surface area (Å²) in [4.78, 5) is 35.1. The summed E-state index contributed by atoms with van der Waals surface area (Å²) in [5.41, 5.74) is 7.98. The molecule has 0 unspecified atom stereocenters. The third-order valence-electron chi connectivity index (χ3n) is 4.47. The molecule has 1 aromatic heterocycles. The van der Waals surface area contributed by atoms with E-state index in [9.17, 15) is 9.59 Å². The van der Waals surface area contributed by atoms with Crippen molar-refractivity contribution in [3.05, 3.63) is 41.7 Å². The van der Waals surface area contributed by atoms with Gasteiger partial charge >= 0.3 is 0 Å². The highest BCUT2D eigenvalue weighted by Gasteiger charge is 2.20. The Morgan fingerprint density at radius 3 is 2.81 bits per heavy atom. The highest BCUT2D eigenvalue weighted by Crippen LogP contribution is 2.23. The highest BCUT2D eigenvalue weighted by atomic mass is 32.2. The number of thioether (sulfide) groups is 1. The maximum atomic E-state index is 12.0. The SMILES string of the molecule is C#C.CN(C=O)CCSC#Cc1cccc(-c2ncc(N3CCOCC3)c(C(N)=O)n2)c1. The monoisotopic (exact) mass is 451 g/mol. The minimum Gasteiger partial charge on any atom is -0.378 e. The first-order valence-electron chi connectivity index (χ1n) is 9.80. The smallest absolute Gasteiger partial charge is 0.269 e. The first-order chi connectivity index (χ1) is 15.6. The molecule has 2 amide bonds. The average Bonchev–Trinajstić information content (AvgIpc) is 2.85. The van der Waals surface area contributed by atoms with Crippen LogP contribution in [0.1, 0.15) is 16.1 Å². The van der Waals surface area contributed by atoms with E-state index in [1.807, 2.05) is 29.2 Å². The summed E-state index contributed by atoms with van der Waals surface area (Å²) in [7, 11) is 1.73. The molecule has 0 atom stereocenters. The number of hydrogen-bond acceptors (Lipinski definition) is 7. The first kappa shape index (κ1) is 24.7.